The van der Waals surface area contributed by atoms with E-state index in [1.807, 2.05) is 97.1 Å². The molecular formula is C31H26N2O3S. The third-order valence-corrected chi connectivity index (χ3v) is 6.73. The molecule has 0 spiro atoms. The third-order valence-electron chi connectivity index (χ3n) is 5.76. The summed E-state index contributed by atoms with van der Waals surface area (Å²) in [7, 11) is 1.61. The lowest BCUT2D eigenvalue weighted by molar-refractivity contribution is -0.113. The molecular weight excluding hydrogens is 480 g/mol. The lowest BCUT2D eigenvalue weighted by Crippen LogP contribution is -2.28. The van der Waals surface area contributed by atoms with Crippen LogP contribution in [0.1, 0.15) is 16.7 Å². The molecule has 0 aliphatic carbocycles. The largest absolute Gasteiger partial charge is 0.493 e. The highest BCUT2D eigenvalue weighted by molar-refractivity contribution is 8.19. The number of carbonyl (C=O) groups is 1. The summed E-state index contributed by atoms with van der Waals surface area (Å²) < 4.78 is 11.6. The highest BCUT2D eigenvalue weighted by atomic mass is 32.2. The number of para-hydroxylation sites is 2. The summed E-state index contributed by atoms with van der Waals surface area (Å²) in [5, 5.41) is 0.610. The van der Waals surface area contributed by atoms with Crippen LogP contribution in [0.5, 0.6) is 11.5 Å². The van der Waals surface area contributed by atoms with Crippen molar-refractivity contribution in [3.05, 3.63) is 125 Å². The topological polar surface area (TPSA) is 51.1 Å². The zero-order valence-electron chi connectivity index (χ0n) is 20.6. The number of amidine groups is 1. The quantitative estimate of drug-likeness (QED) is 0.245. The van der Waals surface area contributed by atoms with Gasteiger partial charge >= 0.3 is 0 Å². The summed E-state index contributed by atoms with van der Waals surface area (Å²) >= 11 is 1.35. The minimum Gasteiger partial charge on any atom is -0.493 e. The Bertz CT molecular complexity index is 1470. The van der Waals surface area contributed by atoms with Gasteiger partial charge in [-0.05, 0) is 72.3 Å². The van der Waals surface area contributed by atoms with Crippen LogP contribution in [0, 0.1) is 6.92 Å². The first kappa shape index (κ1) is 24.4. The number of methoxy groups -OCH3 is 1. The summed E-state index contributed by atoms with van der Waals surface area (Å²) in [5.41, 5.74) is 4.68. The van der Waals surface area contributed by atoms with Crippen molar-refractivity contribution in [3.63, 3.8) is 0 Å². The molecule has 184 valence electrons. The van der Waals surface area contributed by atoms with Gasteiger partial charge in [0.25, 0.3) is 5.91 Å². The Morgan fingerprint density at radius 2 is 1.62 bits per heavy atom. The lowest BCUT2D eigenvalue weighted by atomic mass is 10.1. The second-order valence-electron chi connectivity index (χ2n) is 8.50. The van der Waals surface area contributed by atoms with Crippen molar-refractivity contribution in [3.8, 4) is 11.5 Å². The van der Waals surface area contributed by atoms with E-state index < -0.39 is 0 Å². The number of benzene rings is 4. The van der Waals surface area contributed by atoms with Gasteiger partial charge in [-0.1, -0.05) is 72.3 Å². The van der Waals surface area contributed by atoms with Crippen LogP contribution in [0.3, 0.4) is 0 Å². The zero-order valence-corrected chi connectivity index (χ0v) is 21.4. The molecule has 1 aliphatic heterocycles. The van der Waals surface area contributed by atoms with Gasteiger partial charge in [-0.25, -0.2) is 4.99 Å². The van der Waals surface area contributed by atoms with Crippen LogP contribution >= 0.6 is 11.8 Å². The third kappa shape index (κ3) is 5.76. The first-order valence-electron chi connectivity index (χ1n) is 11.9. The molecule has 1 saturated heterocycles. The summed E-state index contributed by atoms with van der Waals surface area (Å²) in [6.07, 6.45) is 1.86. The van der Waals surface area contributed by atoms with Crippen LogP contribution in [0.2, 0.25) is 0 Å². The first-order valence-corrected chi connectivity index (χ1v) is 12.7. The number of thioether (sulfide) groups is 1. The number of amides is 1. The number of carbonyl (C=O) groups excluding carboxylic acids is 1. The maximum Gasteiger partial charge on any atom is 0.271 e. The predicted octanol–water partition coefficient (Wildman–Crippen LogP) is 7.39. The Kier molecular flexibility index (Phi) is 7.38. The van der Waals surface area contributed by atoms with Gasteiger partial charge in [-0.2, -0.15) is 0 Å². The van der Waals surface area contributed by atoms with Gasteiger partial charge in [-0.3, -0.25) is 9.69 Å². The fourth-order valence-electron chi connectivity index (χ4n) is 3.97. The van der Waals surface area contributed by atoms with E-state index in [0.717, 1.165) is 22.5 Å². The van der Waals surface area contributed by atoms with E-state index in [0.29, 0.717) is 28.2 Å². The van der Waals surface area contributed by atoms with Crippen LogP contribution in [0.4, 0.5) is 11.4 Å². The maximum absolute atomic E-state index is 13.5. The molecule has 37 heavy (non-hydrogen) atoms. The van der Waals surface area contributed by atoms with Crippen LogP contribution in [-0.2, 0) is 11.4 Å². The minimum absolute atomic E-state index is 0.121. The number of nitrogens with zero attached hydrogens (tertiary/aromatic N) is 2. The Morgan fingerprint density at radius 1 is 0.865 bits per heavy atom. The van der Waals surface area contributed by atoms with E-state index in [1.54, 1.807) is 12.0 Å². The molecule has 0 aromatic heterocycles. The van der Waals surface area contributed by atoms with Gasteiger partial charge in [0.2, 0.25) is 0 Å². The van der Waals surface area contributed by atoms with E-state index in [-0.39, 0.29) is 5.91 Å². The number of ether oxygens (including phenoxy) is 2. The number of rotatable bonds is 7. The SMILES string of the molecule is COc1cc(/C=C2/SC(=Nc3ccccc3)N(c3ccccc3)C2=O)ccc1OCc1cccc(C)c1. The molecule has 0 atom stereocenters. The Hall–Kier alpha value is -4.29. The van der Waals surface area contributed by atoms with Crippen molar-refractivity contribution in [2.75, 3.05) is 12.0 Å². The summed E-state index contributed by atoms with van der Waals surface area (Å²) in [6, 6.07) is 33.1. The van der Waals surface area contributed by atoms with Crippen molar-refractivity contribution in [2.24, 2.45) is 4.99 Å². The molecule has 0 saturated carbocycles. The van der Waals surface area contributed by atoms with E-state index in [4.69, 9.17) is 14.5 Å². The molecule has 5 rings (SSSR count). The average molecular weight is 507 g/mol. The monoisotopic (exact) mass is 506 g/mol. The number of anilines is 1. The van der Waals surface area contributed by atoms with E-state index in [1.165, 1.54) is 17.3 Å². The normalized spacial score (nSPS) is 15.4. The van der Waals surface area contributed by atoms with Gasteiger partial charge in [0, 0.05) is 0 Å². The van der Waals surface area contributed by atoms with Gasteiger partial charge in [0.05, 0.1) is 23.4 Å². The summed E-state index contributed by atoms with van der Waals surface area (Å²) in [5.74, 6) is 1.13. The molecule has 6 heteroatoms. The van der Waals surface area contributed by atoms with Crippen LogP contribution in [0.15, 0.2) is 113 Å². The van der Waals surface area contributed by atoms with Gasteiger partial charge < -0.3 is 9.47 Å². The number of aliphatic imine (C=N–C) groups is 1. The summed E-state index contributed by atoms with van der Waals surface area (Å²) in [6.45, 7) is 2.50. The van der Waals surface area contributed by atoms with Crippen LogP contribution in [-0.4, -0.2) is 18.2 Å². The summed E-state index contributed by atoms with van der Waals surface area (Å²) in [4.78, 5) is 20.5. The van der Waals surface area contributed by atoms with Gasteiger partial charge in [0.1, 0.15) is 6.61 Å². The molecule has 0 bridgehead atoms. The van der Waals surface area contributed by atoms with Crippen molar-refractivity contribution in [2.45, 2.75) is 13.5 Å². The minimum atomic E-state index is -0.121. The average Bonchev–Trinajstić information content (AvgIpc) is 3.22. The molecule has 4 aromatic carbocycles. The molecule has 0 N–H and O–H groups in total. The molecule has 1 heterocycles. The van der Waals surface area contributed by atoms with Crippen LogP contribution in [0.25, 0.3) is 6.08 Å². The Labute approximate surface area is 221 Å². The van der Waals surface area contributed by atoms with E-state index in [2.05, 4.69) is 19.1 Å². The molecule has 1 fully saturated rings. The highest BCUT2D eigenvalue weighted by Crippen LogP contribution is 2.38. The second kappa shape index (κ2) is 11.2. The highest BCUT2D eigenvalue weighted by Gasteiger charge is 2.34. The molecule has 0 radical (unpaired) electrons. The van der Waals surface area contributed by atoms with E-state index >= 15 is 0 Å². The number of aryl methyl sites for hydroxylation is 1. The van der Waals surface area contributed by atoms with Crippen molar-refractivity contribution in [1.82, 2.24) is 0 Å². The molecule has 4 aromatic rings. The predicted molar refractivity (Wildman–Crippen MR) is 152 cm³/mol. The Morgan fingerprint density at radius 3 is 2.35 bits per heavy atom. The molecule has 1 amide bonds. The van der Waals surface area contributed by atoms with Gasteiger partial charge in [-0.15, -0.1) is 0 Å². The fraction of sp³-hybridized carbons (Fsp3) is 0.0968. The maximum atomic E-state index is 13.5. The van der Waals surface area contributed by atoms with Crippen molar-refractivity contribution < 1.29 is 14.3 Å². The fourth-order valence-corrected chi connectivity index (χ4v) is 4.98. The smallest absolute Gasteiger partial charge is 0.271 e. The van der Waals surface area contributed by atoms with Crippen molar-refractivity contribution in [1.29, 1.82) is 0 Å². The Balaban J connectivity index is 1.42. The molecule has 0 unspecified atom stereocenters. The zero-order chi connectivity index (χ0) is 25.6. The van der Waals surface area contributed by atoms with E-state index in [9.17, 15) is 4.79 Å². The van der Waals surface area contributed by atoms with Gasteiger partial charge in [0.15, 0.2) is 16.7 Å². The standard InChI is InChI=1S/C31H26N2O3S/c1-22-10-9-11-24(18-22)21-36-27-17-16-23(19-28(27)35-2)20-29-30(34)33(26-14-7-4-8-15-26)31(37-29)32-25-12-5-3-6-13-25/h3-20H,21H2,1-2H3/b29-20+,32-31?. The number of hydrogen-bond donors (Lipinski definition) is 0. The van der Waals surface area contributed by atoms with Crippen molar-refractivity contribution >= 4 is 40.3 Å². The second-order valence-corrected chi connectivity index (χ2v) is 9.51. The van der Waals surface area contributed by atoms with Crippen LogP contribution < -0.4 is 14.4 Å². The number of hydrogen-bond acceptors (Lipinski definition) is 5. The lowest BCUT2D eigenvalue weighted by Gasteiger charge is -2.15. The molecule has 1 aliphatic rings. The first-order chi connectivity index (χ1) is 18.1. The molecule has 5 nitrogen and oxygen atoms in total.